The third-order valence-electron chi connectivity index (χ3n) is 2.20. The highest BCUT2D eigenvalue weighted by Crippen LogP contribution is 2.43. The van der Waals surface area contributed by atoms with E-state index in [0.29, 0.717) is 0 Å². The first-order valence-electron chi connectivity index (χ1n) is 3.68. The summed E-state index contributed by atoms with van der Waals surface area (Å²) in [5.41, 5.74) is 5.57. The van der Waals surface area contributed by atoms with Crippen LogP contribution in [0, 0.1) is 5.92 Å². The molecule has 1 unspecified atom stereocenters. The van der Waals surface area contributed by atoms with E-state index in [4.69, 9.17) is 5.73 Å². The van der Waals surface area contributed by atoms with Crippen molar-refractivity contribution >= 4 is 0 Å². The molecular weight excluding hydrogens is 136 g/mol. The Morgan fingerprint density at radius 3 is 2.40 bits per heavy atom. The molecule has 1 aliphatic rings. The maximum atomic E-state index is 12.2. The second kappa shape index (κ2) is 2.46. The third-order valence-corrected chi connectivity index (χ3v) is 2.20. The van der Waals surface area contributed by atoms with Crippen molar-refractivity contribution < 1.29 is 8.78 Å². The molecule has 1 aliphatic carbocycles. The van der Waals surface area contributed by atoms with Crippen LogP contribution in [0.1, 0.15) is 26.2 Å². The predicted molar refractivity (Wildman–Crippen MR) is 35.9 cm³/mol. The molecule has 1 rings (SSSR count). The molecule has 0 aromatic rings. The largest absolute Gasteiger partial charge is 0.327 e. The van der Waals surface area contributed by atoms with E-state index in [2.05, 4.69) is 0 Å². The fourth-order valence-electron chi connectivity index (χ4n) is 1.34. The van der Waals surface area contributed by atoms with Crippen LogP contribution in [0.2, 0.25) is 0 Å². The summed E-state index contributed by atoms with van der Waals surface area (Å²) in [6, 6.07) is -0.0142. The Hall–Kier alpha value is -0.180. The van der Waals surface area contributed by atoms with Gasteiger partial charge in [-0.3, -0.25) is 0 Å². The number of halogens is 2. The van der Waals surface area contributed by atoms with Gasteiger partial charge in [0.25, 0.3) is 0 Å². The Kier molecular flexibility index (Phi) is 1.95. The Balaban J connectivity index is 2.26. The fourth-order valence-corrected chi connectivity index (χ4v) is 1.34. The summed E-state index contributed by atoms with van der Waals surface area (Å²) in [6.45, 7) is 1.93. The van der Waals surface area contributed by atoms with Crippen molar-refractivity contribution in [2.75, 3.05) is 0 Å². The molecule has 1 atom stereocenters. The molecule has 0 amide bonds. The molecule has 0 aromatic heterocycles. The lowest BCUT2D eigenvalue weighted by Gasteiger charge is -2.38. The van der Waals surface area contributed by atoms with Crippen molar-refractivity contribution in [3.63, 3.8) is 0 Å². The lowest BCUT2D eigenvalue weighted by Crippen LogP contribution is -2.45. The van der Waals surface area contributed by atoms with Crippen LogP contribution in [-0.4, -0.2) is 12.0 Å². The van der Waals surface area contributed by atoms with Crippen LogP contribution in [0.15, 0.2) is 0 Å². The summed E-state index contributed by atoms with van der Waals surface area (Å²) in [5.74, 6) is -2.34. The summed E-state index contributed by atoms with van der Waals surface area (Å²) in [6.07, 6.45) is 0.810. The van der Waals surface area contributed by atoms with Crippen LogP contribution in [0.3, 0.4) is 0 Å². The second-order valence-corrected chi connectivity index (χ2v) is 3.10. The standard InChI is InChI=1S/C7H13F2N/c1-2-6(10)5-3-7(8,9)4-5/h5-6H,2-4,10H2,1H3. The van der Waals surface area contributed by atoms with Crippen molar-refractivity contribution in [3.05, 3.63) is 0 Å². The molecule has 0 saturated heterocycles. The second-order valence-electron chi connectivity index (χ2n) is 3.10. The van der Waals surface area contributed by atoms with Crippen LogP contribution in [0.5, 0.6) is 0 Å². The molecule has 0 bridgehead atoms. The van der Waals surface area contributed by atoms with Gasteiger partial charge in [-0.15, -0.1) is 0 Å². The van der Waals surface area contributed by atoms with Crippen LogP contribution in [0.25, 0.3) is 0 Å². The zero-order chi connectivity index (χ0) is 7.78. The quantitative estimate of drug-likeness (QED) is 0.636. The molecule has 0 aliphatic heterocycles. The molecule has 3 heteroatoms. The molecule has 0 aromatic carbocycles. The van der Waals surface area contributed by atoms with Crippen LogP contribution in [-0.2, 0) is 0 Å². The molecule has 0 radical (unpaired) electrons. The number of hydrogen-bond donors (Lipinski definition) is 1. The molecule has 0 heterocycles. The van der Waals surface area contributed by atoms with Gasteiger partial charge in [-0.25, -0.2) is 8.78 Å². The van der Waals surface area contributed by atoms with E-state index >= 15 is 0 Å². The summed E-state index contributed by atoms with van der Waals surface area (Å²) in [5, 5.41) is 0. The topological polar surface area (TPSA) is 26.0 Å². The highest BCUT2D eigenvalue weighted by Gasteiger charge is 2.46. The van der Waals surface area contributed by atoms with Gasteiger partial charge in [0.15, 0.2) is 0 Å². The monoisotopic (exact) mass is 149 g/mol. The molecular formula is C7H13F2N. The maximum absolute atomic E-state index is 12.2. The van der Waals surface area contributed by atoms with Gasteiger partial charge < -0.3 is 5.73 Å². The highest BCUT2D eigenvalue weighted by molar-refractivity contribution is 4.91. The average molecular weight is 149 g/mol. The van der Waals surface area contributed by atoms with Gasteiger partial charge in [-0.2, -0.15) is 0 Å². The zero-order valence-corrected chi connectivity index (χ0v) is 6.11. The SMILES string of the molecule is CCC(N)C1CC(F)(F)C1. The zero-order valence-electron chi connectivity index (χ0n) is 6.11. The smallest absolute Gasteiger partial charge is 0.248 e. The molecule has 10 heavy (non-hydrogen) atoms. The van der Waals surface area contributed by atoms with Gasteiger partial charge in [0.05, 0.1) is 0 Å². The first-order chi connectivity index (χ1) is 4.55. The normalized spacial score (nSPS) is 27.6. The van der Waals surface area contributed by atoms with Gasteiger partial charge in [-0.1, -0.05) is 6.92 Å². The number of rotatable bonds is 2. The highest BCUT2D eigenvalue weighted by atomic mass is 19.3. The van der Waals surface area contributed by atoms with Gasteiger partial charge in [0, 0.05) is 18.9 Å². The molecule has 60 valence electrons. The average Bonchev–Trinajstić information content (AvgIpc) is 1.81. The van der Waals surface area contributed by atoms with Crippen LogP contribution >= 0.6 is 0 Å². The van der Waals surface area contributed by atoms with E-state index in [1.807, 2.05) is 6.92 Å². The first-order valence-corrected chi connectivity index (χ1v) is 3.68. The Labute approximate surface area is 59.6 Å². The molecule has 1 nitrogen and oxygen atoms in total. The van der Waals surface area contributed by atoms with Crippen molar-refractivity contribution in [2.45, 2.75) is 38.2 Å². The van der Waals surface area contributed by atoms with Gasteiger partial charge in [0.2, 0.25) is 5.92 Å². The Morgan fingerprint density at radius 1 is 1.60 bits per heavy atom. The summed E-state index contributed by atoms with van der Waals surface area (Å²) < 4.78 is 24.5. The number of alkyl halides is 2. The lowest BCUT2D eigenvalue weighted by atomic mass is 9.76. The van der Waals surface area contributed by atoms with Gasteiger partial charge in [0.1, 0.15) is 0 Å². The molecule has 2 N–H and O–H groups in total. The van der Waals surface area contributed by atoms with E-state index in [9.17, 15) is 8.78 Å². The lowest BCUT2D eigenvalue weighted by molar-refractivity contribution is -0.116. The molecule has 1 fully saturated rings. The fraction of sp³-hybridized carbons (Fsp3) is 1.00. The summed E-state index contributed by atoms with van der Waals surface area (Å²) >= 11 is 0. The van der Waals surface area contributed by atoms with E-state index < -0.39 is 5.92 Å². The summed E-state index contributed by atoms with van der Waals surface area (Å²) in [4.78, 5) is 0. The van der Waals surface area contributed by atoms with Crippen molar-refractivity contribution in [2.24, 2.45) is 11.7 Å². The third kappa shape index (κ3) is 1.45. The predicted octanol–water partition coefficient (Wildman–Crippen LogP) is 1.77. The van der Waals surface area contributed by atoms with E-state index in [1.165, 1.54) is 0 Å². The number of hydrogen-bond acceptors (Lipinski definition) is 1. The minimum absolute atomic E-state index is 0.00199. The Morgan fingerprint density at radius 2 is 2.10 bits per heavy atom. The number of nitrogens with two attached hydrogens (primary N) is 1. The molecule has 0 spiro atoms. The molecule has 1 saturated carbocycles. The van der Waals surface area contributed by atoms with Crippen LogP contribution in [0.4, 0.5) is 8.78 Å². The van der Waals surface area contributed by atoms with Crippen molar-refractivity contribution in [3.8, 4) is 0 Å². The van der Waals surface area contributed by atoms with E-state index in [-0.39, 0.29) is 24.8 Å². The van der Waals surface area contributed by atoms with Crippen molar-refractivity contribution in [1.82, 2.24) is 0 Å². The van der Waals surface area contributed by atoms with Crippen molar-refractivity contribution in [1.29, 1.82) is 0 Å². The Bertz CT molecular complexity index is 117. The van der Waals surface area contributed by atoms with Crippen LogP contribution < -0.4 is 5.73 Å². The summed E-state index contributed by atoms with van der Waals surface area (Å²) in [7, 11) is 0. The minimum Gasteiger partial charge on any atom is -0.327 e. The maximum Gasteiger partial charge on any atom is 0.248 e. The van der Waals surface area contributed by atoms with E-state index in [1.54, 1.807) is 0 Å². The first kappa shape index (κ1) is 7.92. The van der Waals surface area contributed by atoms with E-state index in [0.717, 1.165) is 6.42 Å². The van der Waals surface area contributed by atoms with Gasteiger partial charge >= 0.3 is 0 Å². The minimum atomic E-state index is -2.41. The van der Waals surface area contributed by atoms with Gasteiger partial charge in [-0.05, 0) is 12.3 Å².